The SMILES string of the molecule is COc1ccc2nc(Nc3cc(Cc4ccccc4)nc(NCCCCO)n3)sc2n1. The highest BCUT2D eigenvalue weighted by atomic mass is 32.1. The van der Waals surface area contributed by atoms with E-state index in [0.29, 0.717) is 35.7 Å². The molecule has 3 heterocycles. The van der Waals surface area contributed by atoms with Gasteiger partial charge in [-0.15, -0.1) is 0 Å². The van der Waals surface area contributed by atoms with Gasteiger partial charge < -0.3 is 20.5 Å². The maximum atomic E-state index is 8.98. The fourth-order valence-electron chi connectivity index (χ4n) is 3.05. The molecule has 160 valence electrons. The predicted molar refractivity (Wildman–Crippen MR) is 123 cm³/mol. The van der Waals surface area contributed by atoms with Gasteiger partial charge in [-0.3, -0.25) is 0 Å². The molecule has 3 aromatic heterocycles. The molecule has 8 nitrogen and oxygen atoms in total. The number of nitrogens with one attached hydrogen (secondary N) is 2. The van der Waals surface area contributed by atoms with Crippen molar-refractivity contribution < 1.29 is 9.84 Å². The Morgan fingerprint density at radius 2 is 1.87 bits per heavy atom. The van der Waals surface area contributed by atoms with E-state index in [4.69, 9.17) is 9.84 Å². The van der Waals surface area contributed by atoms with Crippen LogP contribution in [0, 0.1) is 0 Å². The van der Waals surface area contributed by atoms with E-state index in [1.165, 1.54) is 16.9 Å². The van der Waals surface area contributed by atoms with Gasteiger partial charge in [-0.1, -0.05) is 41.7 Å². The smallest absolute Gasteiger partial charge is 0.224 e. The number of pyridine rings is 1. The largest absolute Gasteiger partial charge is 0.481 e. The van der Waals surface area contributed by atoms with Gasteiger partial charge in [0.1, 0.15) is 16.2 Å². The molecule has 0 aliphatic carbocycles. The summed E-state index contributed by atoms with van der Waals surface area (Å²) in [5.74, 6) is 1.77. The second-order valence-electron chi connectivity index (χ2n) is 6.91. The van der Waals surface area contributed by atoms with Crippen molar-refractivity contribution in [1.29, 1.82) is 0 Å². The second kappa shape index (κ2) is 10.1. The number of aliphatic hydroxyl groups excluding tert-OH is 1. The Balaban J connectivity index is 1.57. The molecule has 0 saturated heterocycles. The minimum absolute atomic E-state index is 0.180. The topological polar surface area (TPSA) is 105 Å². The molecule has 31 heavy (non-hydrogen) atoms. The van der Waals surface area contributed by atoms with Crippen LogP contribution in [0.1, 0.15) is 24.1 Å². The van der Waals surface area contributed by atoms with Crippen LogP contribution in [-0.2, 0) is 6.42 Å². The lowest BCUT2D eigenvalue weighted by Crippen LogP contribution is -2.09. The fourth-order valence-corrected chi connectivity index (χ4v) is 3.89. The quantitative estimate of drug-likeness (QED) is 0.320. The van der Waals surface area contributed by atoms with Crippen LogP contribution in [0.25, 0.3) is 10.3 Å². The number of aliphatic hydroxyl groups is 1. The summed E-state index contributed by atoms with van der Waals surface area (Å²) >= 11 is 1.44. The predicted octanol–water partition coefficient (Wildman–Crippen LogP) is 4.01. The van der Waals surface area contributed by atoms with Crippen LogP contribution in [0.2, 0.25) is 0 Å². The van der Waals surface area contributed by atoms with Crippen molar-refractivity contribution in [3.05, 3.63) is 59.8 Å². The highest BCUT2D eigenvalue weighted by Crippen LogP contribution is 2.28. The average molecular weight is 437 g/mol. The van der Waals surface area contributed by atoms with Crippen LogP contribution in [-0.4, -0.2) is 45.3 Å². The number of hydrogen-bond acceptors (Lipinski definition) is 9. The number of hydrogen-bond donors (Lipinski definition) is 3. The lowest BCUT2D eigenvalue weighted by Gasteiger charge is -2.10. The molecule has 0 unspecified atom stereocenters. The number of methoxy groups -OCH3 is 1. The Morgan fingerprint density at radius 3 is 2.68 bits per heavy atom. The minimum atomic E-state index is 0.180. The lowest BCUT2D eigenvalue weighted by molar-refractivity contribution is 0.286. The number of benzene rings is 1. The van der Waals surface area contributed by atoms with Crippen molar-refractivity contribution in [1.82, 2.24) is 19.9 Å². The van der Waals surface area contributed by atoms with Gasteiger partial charge in [0, 0.05) is 31.7 Å². The second-order valence-corrected chi connectivity index (χ2v) is 7.89. The summed E-state index contributed by atoms with van der Waals surface area (Å²) in [7, 11) is 1.60. The molecule has 0 amide bonds. The third-order valence-electron chi connectivity index (χ3n) is 4.55. The summed E-state index contributed by atoms with van der Waals surface area (Å²) in [5, 5.41) is 16.2. The number of rotatable bonds is 10. The number of ether oxygens (including phenoxy) is 1. The Kier molecular flexibility index (Phi) is 6.85. The van der Waals surface area contributed by atoms with Gasteiger partial charge in [0.15, 0.2) is 5.13 Å². The van der Waals surface area contributed by atoms with Gasteiger partial charge in [-0.2, -0.15) is 4.98 Å². The highest BCUT2D eigenvalue weighted by Gasteiger charge is 2.10. The zero-order chi connectivity index (χ0) is 21.5. The van der Waals surface area contributed by atoms with E-state index in [2.05, 4.69) is 42.7 Å². The summed E-state index contributed by atoms with van der Waals surface area (Å²) in [5.41, 5.74) is 2.87. The van der Waals surface area contributed by atoms with E-state index in [9.17, 15) is 0 Å². The normalized spacial score (nSPS) is 10.9. The number of aromatic nitrogens is 4. The van der Waals surface area contributed by atoms with Crippen LogP contribution in [0.15, 0.2) is 48.5 Å². The molecule has 0 spiro atoms. The molecular weight excluding hydrogens is 412 g/mol. The first kappa shape index (κ1) is 21.0. The standard InChI is InChI=1S/C22H24N6O2S/c1-30-19-10-9-17-20(28-19)31-22(25-17)27-18-14-16(13-15-7-3-2-4-8-15)24-21(26-18)23-11-5-6-12-29/h2-4,7-10,14,29H,5-6,11-13H2,1H3,(H2,23,24,25,26,27). The van der Waals surface area contributed by atoms with Gasteiger partial charge in [0.05, 0.1) is 12.8 Å². The van der Waals surface area contributed by atoms with Crippen LogP contribution in [0.5, 0.6) is 5.88 Å². The van der Waals surface area contributed by atoms with Crippen LogP contribution in [0.4, 0.5) is 16.9 Å². The summed E-state index contributed by atoms with van der Waals surface area (Å²) in [4.78, 5) is 19.1. The van der Waals surface area contributed by atoms with E-state index < -0.39 is 0 Å². The third kappa shape index (κ3) is 5.65. The molecule has 0 bridgehead atoms. The van der Waals surface area contributed by atoms with Crippen LogP contribution < -0.4 is 15.4 Å². The Morgan fingerprint density at radius 1 is 1.00 bits per heavy atom. The zero-order valence-electron chi connectivity index (χ0n) is 17.2. The summed E-state index contributed by atoms with van der Waals surface area (Å²) < 4.78 is 5.20. The molecule has 0 fully saturated rings. The van der Waals surface area contributed by atoms with Crippen molar-refractivity contribution in [2.24, 2.45) is 0 Å². The molecule has 1 aromatic carbocycles. The summed E-state index contributed by atoms with van der Waals surface area (Å²) in [6, 6.07) is 15.8. The van der Waals surface area contributed by atoms with E-state index >= 15 is 0 Å². The molecule has 4 rings (SSSR count). The van der Waals surface area contributed by atoms with Crippen molar-refractivity contribution in [3.63, 3.8) is 0 Å². The average Bonchev–Trinajstić information content (AvgIpc) is 3.18. The van der Waals surface area contributed by atoms with Crippen molar-refractivity contribution in [2.45, 2.75) is 19.3 Å². The Bertz CT molecular complexity index is 1140. The molecule has 9 heteroatoms. The molecular formula is C22H24N6O2S. The van der Waals surface area contributed by atoms with Gasteiger partial charge in [0.2, 0.25) is 11.8 Å². The van der Waals surface area contributed by atoms with E-state index in [-0.39, 0.29) is 6.61 Å². The molecule has 0 aliphatic heterocycles. The minimum Gasteiger partial charge on any atom is -0.481 e. The fraction of sp³-hybridized carbons (Fsp3) is 0.273. The number of unbranched alkanes of at least 4 members (excludes halogenated alkanes) is 1. The van der Waals surface area contributed by atoms with Gasteiger partial charge in [0.25, 0.3) is 0 Å². The van der Waals surface area contributed by atoms with Gasteiger partial charge in [-0.05, 0) is 24.5 Å². The number of nitrogens with zero attached hydrogens (tertiary/aromatic N) is 4. The van der Waals surface area contributed by atoms with E-state index in [1.54, 1.807) is 13.2 Å². The molecule has 0 saturated carbocycles. The maximum Gasteiger partial charge on any atom is 0.224 e. The molecule has 4 aromatic rings. The van der Waals surface area contributed by atoms with Gasteiger partial charge in [-0.25, -0.2) is 15.0 Å². The first-order valence-electron chi connectivity index (χ1n) is 10.1. The number of fused-ring (bicyclic) bond motifs is 1. The number of thiazole rings is 1. The number of anilines is 3. The summed E-state index contributed by atoms with van der Waals surface area (Å²) in [6.07, 6.45) is 2.28. The molecule has 0 aliphatic rings. The van der Waals surface area contributed by atoms with Crippen molar-refractivity contribution >= 4 is 38.6 Å². The lowest BCUT2D eigenvalue weighted by atomic mass is 10.1. The maximum absolute atomic E-state index is 8.98. The van der Waals surface area contributed by atoms with Crippen molar-refractivity contribution in [3.8, 4) is 5.88 Å². The molecule has 3 N–H and O–H groups in total. The summed E-state index contributed by atoms with van der Waals surface area (Å²) in [6.45, 7) is 0.874. The Labute approximate surface area is 184 Å². The first-order chi connectivity index (χ1) is 15.2. The molecule has 0 atom stereocenters. The van der Waals surface area contributed by atoms with E-state index in [0.717, 1.165) is 28.9 Å². The first-order valence-corrected chi connectivity index (χ1v) is 10.9. The Hall–Kier alpha value is -3.30. The van der Waals surface area contributed by atoms with Crippen LogP contribution >= 0.6 is 11.3 Å². The molecule has 0 radical (unpaired) electrons. The van der Waals surface area contributed by atoms with Gasteiger partial charge >= 0.3 is 0 Å². The monoisotopic (exact) mass is 436 g/mol. The van der Waals surface area contributed by atoms with Crippen LogP contribution in [0.3, 0.4) is 0 Å². The highest BCUT2D eigenvalue weighted by molar-refractivity contribution is 7.21. The zero-order valence-corrected chi connectivity index (χ0v) is 18.0. The third-order valence-corrected chi connectivity index (χ3v) is 5.43. The van der Waals surface area contributed by atoms with E-state index in [1.807, 2.05) is 30.3 Å². The van der Waals surface area contributed by atoms with Crippen molar-refractivity contribution in [2.75, 3.05) is 30.9 Å².